The number of aromatic nitrogens is 1. The first kappa shape index (κ1) is 14.6. The van der Waals surface area contributed by atoms with Crippen LogP contribution in [0.15, 0.2) is 12.1 Å². The largest absolute Gasteiger partial charge is 0.350 e. The maximum atomic E-state index is 12.0. The Balaban J connectivity index is 1.89. The molecule has 1 fully saturated rings. The van der Waals surface area contributed by atoms with Crippen molar-refractivity contribution in [2.45, 2.75) is 25.8 Å². The lowest BCUT2D eigenvalue weighted by molar-refractivity contribution is 0.0940. The van der Waals surface area contributed by atoms with E-state index in [1.54, 1.807) is 0 Å². The van der Waals surface area contributed by atoms with E-state index in [0.29, 0.717) is 18.2 Å². The topological polar surface area (TPSA) is 45.2 Å². The number of rotatable bonds is 4. The molecule has 2 rings (SSSR count). The summed E-state index contributed by atoms with van der Waals surface area (Å²) >= 11 is 11.6. The molecule has 0 saturated carbocycles. The van der Waals surface area contributed by atoms with Gasteiger partial charge in [0.05, 0.1) is 0 Å². The monoisotopic (exact) mass is 301 g/mol. The van der Waals surface area contributed by atoms with Crippen LogP contribution >= 0.6 is 23.2 Å². The zero-order chi connectivity index (χ0) is 13.8. The standard InChI is InChI=1S/C13H17Cl2N3O/c1-9(18-4-2-3-5-18)8-16-13(19)10-6-11(14)17-12(15)7-10/h6-7,9H,2-5,8H2,1H3,(H,16,19). The lowest BCUT2D eigenvalue weighted by Crippen LogP contribution is -2.40. The molecule has 1 aliphatic heterocycles. The number of amides is 1. The molecule has 1 saturated heterocycles. The summed E-state index contributed by atoms with van der Waals surface area (Å²) in [7, 11) is 0. The van der Waals surface area contributed by atoms with E-state index < -0.39 is 0 Å². The van der Waals surface area contributed by atoms with Crippen molar-refractivity contribution in [3.8, 4) is 0 Å². The summed E-state index contributed by atoms with van der Waals surface area (Å²) in [6.07, 6.45) is 2.49. The van der Waals surface area contributed by atoms with Crippen molar-refractivity contribution in [3.63, 3.8) is 0 Å². The van der Waals surface area contributed by atoms with E-state index in [4.69, 9.17) is 23.2 Å². The van der Waals surface area contributed by atoms with Crippen molar-refractivity contribution in [1.82, 2.24) is 15.2 Å². The summed E-state index contributed by atoms with van der Waals surface area (Å²) in [5, 5.41) is 3.36. The molecule has 0 aliphatic carbocycles. The summed E-state index contributed by atoms with van der Waals surface area (Å²) in [5.41, 5.74) is 0.443. The fraction of sp³-hybridized carbons (Fsp3) is 0.538. The van der Waals surface area contributed by atoms with Crippen LogP contribution in [0.4, 0.5) is 0 Å². The molecule has 0 radical (unpaired) electrons. The third-order valence-electron chi connectivity index (χ3n) is 3.35. The first-order valence-electron chi connectivity index (χ1n) is 6.41. The molecule has 0 aromatic carbocycles. The van der Waals surface area contributed by atoms with Crippen molar-refractivity contribution in [2.75, 3.05) is 19.6 Å². The third kappa shape index (κ3) is 4.06. The molecule has 104 valence electrons. The van der Waals surface area contributed by atoms with Crippen LogP contribution < -0.4 is 5.32 Å². The SMILES string of the molecule is CC(CNC(=O)c1cc(Cl)nc(Cl)c1)N1CCCC1. The second kappa shape index (κ2) is 6.55. The molecular formula is C13H17Cl2N3O. The van der Waals surface area contributed by atoms with Gasteiger partial charge in [-0.25, -0.2) is 4.98 Å². The van der Waals surface area contributed by atoms with Crippen LogP contribution in [0.2, 0.25) is 10.3 Å². The van der Waals surface area contributed by atoms with Gasteiger partial charge in [-0.05, 0) is 45.0 Å². The van der Waals surface area contributed by atoms with Gasteiger partial charge in [0, 0.05) is 18.2 Å². The number of halogens is 2. The number of nitrogens with zero attached hydrogens (tertiary/aromatic N) is 2. The minimum absolute atomic E-state index is 0.169. The molecule has 0 spiro atoms. The molecule has 1 aromatic rings. The summed E-state index contributed by atoms with van der Waals surface area (Å²) in [5.74, 6) is -0.169. The van der Waals surface area contributed by atoms with Crippen molar-refractivity contribution in [3.05, 3.63) is 28.0 Å². The number of hydrogen-bond acceptors (Lipinski definition) is 3. The molecule has 1 unspecified atom stereocenters. The second-order valence-electron chi connectivity index (χ2n) is 4.80. The minimum atomic E-state index is -0.169. The van der Waals surface area contributed by atoms with Gasteiger partial charge in [0.1, 0.15) is 10.3 Å². The summed E-state index contributed by atoms with van der Waals surface area (Å²) < 4.78 is 0. The van der Waals surface area contributed by atoms with Crippen LogP contribution in [0.1, 0.15) is 30.1 Å². The summed E-state index contributed by atoms with van der Waals surface area (Å²) in [6.45, 7) is 4.97. The quantitative estimate of drug-likeness (QED) is 0.870. The highest BCUT2D eigenvalue weighted by molar-refractivity contribution is 6.33. The lowest BCUT2D eigenvalue weighted by Gasteiger charge is -2.23. The van der Waals surface area contributed by atoms with Crippen LogP contribution in [0, 0.1) is 0 Å². The van der Waals surface area contributed by atoms with Crippen LogP contribution in [0.3, 0.4) is 0 Å². The van der Waals surface area contributed by atoms with E-state index in [-0.39, 0.29) is 16.2 Å². The Hall–Kier alpha value is -0.840. The van der Waals surface area contributed by atoms with E-state index in [1.807, 2.05) is 0 Å². The minimum Gasteiger partial charge on any atom is -0.350 e. The van der Waals surface area contributed by atoms with Crippen LogP contribution in [-0.2, 0) is 0 Å². The van der Waals surface area contributed by atoms with Crippen molar-refractivity contribution >= 4 is 29.1 Å². The number of carbonyl (C=O) groups excluding carboxylic acids is 1. The van der Waals surface area contributed by atoms with Gasteiger partial charge in [0.15, 0.2) is 0 Å². The fourth-order valence-electron chi connectivity index (χ4n) is 2.25. The van der Waals surface area contributed by atoms with E-state index in [2.05, 4.69) is 22.1 Å². The van der Waals surface area contributed by atoms with Gasteiger partial charge in [-0.1, -0.05) is 23.2 Å². The van der Waals surface area contributed by atoms with Gasteiger partial charge in [0.2, 0.25) is 0 Å². The predicted octanol–water partition coefficient (Wildman–Crippen LogP) is 2.60. The molecule has 1 aromatic heterocycles. The summed E-state index contributed by atoms with van der Waals surface area (Å²) in [4.78, 5) is 18.2. The second-order valence-corrected chi connectivity index (χ2v) is 5.58. The Kier molecular flexibility index (Phi) is 5.02. The summed E-state index contributed by atoms with van der Waals surface area (Å²) in [6, 6.07) is 3.38. The zero-order valence-corrected chi connectivity index (χ0v) is 12.3. The van der Waals surface area contributed by atoms with E-state index in [1.165, 1.54) is 25.0 Å². The molecule has 1 aliphatic rings. The van der Waals surface area contributed by atoms with Crippen molar-refractivity contribution < 1.29 is 4.79 Å². The molecule has 1 amide bonds. The third-order valence-corrected chi connectivity index (χ3v) is 3.73. The average molecular weight is 302 g/mol. The number of hydrogen-bond donors (Lipinski definition) is 1. The molecule has 1 N–H and O–H groups in total. The molecule has 2 heterocycles. The number of likely N-dealkylation sites (tertiary alicyclic amines) is 1. The highest BCUT2D eigenvalue weighted by Gasteiger charge is 2.18. The normalized spacial score (nSPS) is 17.4. The Morgan fingerprint density at radius 1 is 1.37 bits per heavy atom. The van der Waals surface area contributed by atoms with E-state index in [0.717, 1.165) is 13.1 Å². The number of carbonyl (C=O) groups is 1. The van der Waals surface area contributed by atoms with Crippen LogP contribution in [0.25, 0.3) is 0 Å². The average Bonchev–Trinajstić information content (AvgIpc) is 2.88. The number of nitrogens with one attached hydrogen (secondary N) is 1. The van der Waals surface area contributed by atoms with Gasteiger partial charge >= 0.3 is 0 Å². The number of pyridine rings is 1. The van der Waals surface area contributed by atoms with Gasteiger partial charge in [0.25, 0.3) is 5.91 Å². The van der Waals surface area contributed by atoms with Crippen molar-refractivity contribution in [2.24, 2.45) is 0 Å². The first-order chi connectivity index (χ1) is 9.06. The molecular weight excluding hydrogens is 285 g/mol. The molecule has 19 heavy (non-hydrogen) atoms. The maximum Gasteiger partial charge on any atom is 0.251 e. The van der Waals surface area contributed by atoms with E-state index >= 15 is 0 Å². The molecule has 6 heteroatoms. The van der Waals surface area contributed by atoms with E-state index in [9.17, 15) is 4.79 Å². The Morgan fingerprint density at radius 2 is 1.95 bits per heavy atom. The molecule has 4 nitrogen and oxygen atoms in total. The van der Waals surface area contributed by atoms with Gasteiger partial charge in [-0.15, -0.1) is 0 Å². The highest BCUT2D eigenvalue weighted by atomic mass is 35.5. The van der Waals surface area contributed by atoms with Gasteiger partial charge < -0.3 is 5.32 Å². The Labute approximate surface area is 123 Å². The molecule has 0 bridgehead atoms. The Bertz CT molecular complexity index is 441. The highest BCUT2D eigenvalue weighted by Crippen LogP contribution is 2.15. The van der Waals surface area contributed by atoms with Gasteiger partial charge in [-0.2, -0.15) is 0 Å². The van der Waals surface area contributed by atoms with Crippen LogP contribution in [-0.4, -0.2) is 41.5 Å². The Morgan fingerprint density at radius 3 is 2.53 bits per heavy atom. The lowest BCUT2D eigenvalue weighted by atomic mass is 10.2. The van der Waals surface area contributed by atoms with Gasteiger partial charge in [-0.3, -0.25) is 9.69 Å². The smallest absolute Gasteiger partial charge is 0.251 e. The predicted molar refractivity (Wildman–Crippen MR) is 76.9 cm³/mol. The molecule has 1 atom stereocenters. The fourth-order valence-corrected chi connectivity index (χ4v) is 2.71. The zero-order valence-electron chi connectivity index (χ0n) is 10.8. The maximum absolute atomic E-state index is 12.0. The first-order valence-corrected chi connectivity index (χ1v) is 7.17. The van der Waals surface area contributed by atoms with Crippen molar-refractivity contribution in [1.29, 1.82) is 0 Å². The van der Waals surface area contributed by atoms with Crippen LogP contribution in [0.5, 0.6) is 0 Å².